The molecule has 1 aliphatic heterocycles. The molecule has 0 bridgehead atoms. The number of ether oxygens (including phenoxy) is 1. The van der Waals surface area contributed by atoms with E-state index in [-0.39, 0.29) is 127 Å². The molecule has 2 unspecified atom stereocenters. The Morgan fingerprint density at radius 2 is 1.07 bits per heavy atom. The molecule has 29 N–H and O–H groups in total. The van der Waals surface area contributed by atoms with E-state index < -0.39 is 186 Å². The molecule has 1 heterocycles. The second-order valence-corrected chi connectivity index (χ2v) is 31.5. The number of unbranched alkanes of at least 4 members (excludes halogenated alkanes) is 1. The lowest BCUT2D eigenvalue weighted by Crippen LogP contribution is -2.62. The van der Waals surface area contributed by atoms with Gasteiger partial charge in [0.15, 0.2) is 11.9 Å². The molecule has 0 aliphatic carbocycles. The van der Waals surface area contributed by atoms with Crippen molar-refractivity contribution in [1.29, 1.82) is 0 Å². The predicted molar refractivity (Wildman–Crippen MR) is 452 cm³/mol. The van der Waals surface area contributed by atoms with E-state index in [0.717, 1.165) is 0 Å². The van der Waals surface area contributed by atoms with Crippen molar-refractivity contribution >= 4 is 101 Å². The van der Waals surface area contributed by atoms with E-state index in [4.69, 9.17) is 44.9 Å². The quantitative estimate of drug-likeness (QED) is 0.00870. The average Bonchev–Trinajstić information content (AvgIpc) is 0.854. The zero-order valence-corrected chi connectivity index (χ0v) is 70.7. The van der Waals surface area contributed by atoms with Crippen LogP contribution in [0.3, 0.4) is 0 Å². The number of hydrogen-bond donors (Lipinski definition) is 22. The highest BCUT2D eigenvalue weighted by Gasteiger charge is 2.40. The Bertz CT molecular complexity index is 3770. The maximum Gasteiger partial charge on any atom is 0.305 e. The summed E-state index contributed by atoms with van der Waals surface area (Å²) in [5.41, 5.74) is 44.1. The summed E-state index contributed by atoms with van der Waals surface area (Å²) >= 11 is 0. The highest BCUT2D eigenvalue weighted by Crippen LogP contribution is 2.21. The Morgan fingerprint density at radius 3 is 1.64 bits per heavy atom. The van der Waals surface area contributed by atoms with Crippen molar-refractivity contribution in [2.75, 3.05) is 26.4 Å². The summed E-state index contributed by atoms with van der Waals surface area (Å²) in [6, 6.07) is 2.26. The molecule has 40 heteroatoms. The van der Waals surface area contributed by atoms with Crippen LogP contribution in [0.5, 0.6) is 0 Å². The first-order chi connectivity index (χ1) is 57.3. The zero-order chi connectivity index (χ0) is 90.2. The van der Waals surface area contributed by atoms with Crippen LogP contribution >= 0.6 is 0 Å². The van der Waals surface area contributed by atoms with Gasteiger partial charge in [-0.15, -0.1) is 0 Å². The maximum atomic E-state index is 15.1. The number of rotatable bonds is 40. The first-order valence-electron chi connectivity index (χ1n) is 41.2. The summed E-state index contributed by atoms with van der Waals surface area (Å²) in [4.78, 5) is 213. The number of allylic oxidation sites excluding steroid dienone is 2. The summed E-state index contributed by atoms with van der Waals surface area (Å²) in [6.07, 6.45) is 6.47. The monoisotopic (exact) mass is 1700 g/mol. The van der Waals surface area contributed by atoms with Crippen LogP contribution in [0, 0.1) is 11.8 Å². The van der Waals surface area contributed by atoms with Gasteiger partial charge in [-0.1, -0.05) is 113 Å². The van der Waals surface area contributed by atoms with Crippen molar-refractivity contribution in [3.8, 4) is 0 Å². The van der Waals surface area contributed by atoms with Crippen LogP contribution in [0.25, 0.3) is 0 Å². The molecular formula is C81H132N22O18. The van der Waals surface area contributed by atoms with Gasteiger partial charge in [-0.3, -0.25) is 82.4 Å². The van der Waals surface area contributed by atoms with Crippen molar-refractivity contribution in [1.82, 2.24) is 69.3 Å². The van der Waals surface area contributed by atoms with E-state index in [0.29, 0.717) is 68.9 Å². The van der Waals surface area contributed by atoms with E-state index in [1.807, 2.05) is 12.2 Å². The summed E-state index contributed by atoms with van der Waals surface area (Å²) in [6.45, 7) is 11.4. The number of primary amides is 2. The molecule has 121 heavy (non-hydrogen) atoms. The number of carboxylic acid groups (broad SMARTS) is 2. The molecule has 0 radical (unpaired) electrons. The third kappa shape index (κ3) is 42.5. The Labute approximate surface area is 706 Å². The number of amides is 12. The molecule has 40 nitrogen and oxygen atoms in total. The number of carboxylic acids is 2. The number of aliphatic carboxylic acids is 2. The van der Waals surface area contributed by atoms with Gasteiger partial charge in [0.1, 0.15) is 71.9 Å². The Balaban J connectivity index is 2.20. The van der Waals surface area contributed by atoms with Crippen LogP contribution in [0.15, 0.2) is 82.8 Å². The van der Waals surface area contributed by atoms with E-state index in [1.165, 1.54) is 13.8 Å². The first-order valence-corrected chi connectivity index (χ1v) is 41.2. The average molecular weight is 1700 g/mol. The fourth-order valence-corrected chi connectivity index (χ4v) is 12.9. The number of nitrogens with zero attached hydrogens (tertiary/aromatic N) is 2. The maximum absolute atomic E-state index is 15.1. The molecule has 12 amide bonds. The van der Waals surface area contributed by atoms with Crippen LogP contribution in [-0.2, 0) is 89.5 Å². The molecule has 674 valence electrons. The van der Waals surface area contributed by atoms with E-state index in [2.05, 4.69) is 79.3 Å². The minimum Gasteiger partial charge on any atom is -0.481 e. The van der Waals surface area contributed by atoms with E-state index in [1.54, 1.807) is 95.3 Å². The highest BCUT2D eigenvalue weighted by atomic mass is 16.5. The predicted octanol–water partition coefficient (Wildman–Crippen LogP) is -1.85. The second-order valence-electron chi connectivity index (χ2n) is 31.5. The molecule has 0 aromatic heterocycles. The third-order valence-corrected chi connectivity index (χ3v) is 19.7. The normalized spacial score (nSPS) is 22.2. The number of hydrogen-bond acceptors (Lipinski definition) is 22. The van der Waals surface area contributed by atoms with Gasteiger partial charge in [0.05, 0.1) is 31.7 Å². The minimum absolute atomic E-state index is 0.00509. The van der Waals surface area contributed by atoms with Crippen molar-refractivity contribution < 1.29 is 86.9 Å². The molecule has 0 saturated carbocycles. The molecular weight excluding hydrogens is 1570 g/mol. The van der Waals surface area contributed by atoms with Gasteiger partial charge in [-0.05, 0) is 166 Å². The van der Waals surface area contributed by atoms with Crippen LogP contribution in [-0.4, -0.2) is 215 Å². The summed E-state index contributed by atoms with van der Waals surface area (Å²) in [5.74, 6) is -14.4. The first kappa shape index (κ1) is 104. The Morgan fingerprint density at radius 1 is 0.554 bits per heavy atom. The van der Waals surface area contributed by atoms with Gasteiger partial charge in [0.25, 0.3) is 0 Å². The van der Waals surface area contributed by atoms with Crippen LogP contribution in [0.4, 0.5) is 0 Å². The van der Waals surface area contributed by atoms with Gasteiger partial charge in [0.2, 0.25) is 70.9 Å². The molecule has 3 rings (SSSR count). The van der Waals surface area contributed by atoms with Crippen LogP contribution < -0.4 is 109 Å². The van der Waals surface area contributed by atoms with Crippen molar-refractivity contribution in [2.45, 2.75) is 280 Å². The Kier molecular flexibility index (Phi) is 47.7. The number of guanidine groups is 2. The van der Waals surface area contributed by atoms with Gasteiger partial charge in [-0.2, -0.15) is 0 Å². The Hall–Kier alpha value is -11.2. The third-order valence-electron chi connectivity index (χ3n) is 19.7. The van der Waals surface area contributed by atoms with Gasteiger partial charge in [0, 0.05) is 25.9 Å². The number of carbonyl (C=O) groups is 15. The summed E-state index contributed by atoms with van der Waals surface area (Å²) in [7, 11) is 0. The van der Waals surface area contributed by atoms with Crippen molar-refractivity contribution in [2.24, 2.45) is 62.0 Å². The number of nitrogens with one attached hydrogen (secondary N) is 13. The molecule has 2 aromatic rings. The lowest BCUT2D eigenvalue weighted by molar-refractivity contribution is -0.142. The SMILES string of the molecule is CC(C)C[C@@H]1NC(=O)[C@H](C)NC(=O)[C@H](Cc2ccccc2)NC(=O)[C@H](Cc2ccccc2)NCOC(C)(NN[C@@H](CCCN=C(N)N)C(=O)N[C@@H](CCCCN)C(=O)N[C@@H](CC(C)C)C(=O)N[C@@H](CCC(=O)O)C(=O)N[C@H](C=O)CC(N)=O)CCCCCC/C=C\CCCC(C)(C(N)=O)NC(=O)[C@H](CC(=O)O)NC(=O)[C@H](CCCN=C(N)N)NC1=O. The minimum atomic E-state index is -1.81. The lowest BCUT2D eigenvalue weighted by atomic mass is 9.93. The number of benzene rings is 2. The topological polar surface area (TPSA) is 669 Å². The van der Waals surface area contributed by atoms with Gasteiger partial charge >= 0.3 is 11.9 Å². The van der Waals surface area contributed by atoms with Gasteiger partial charge < -0.3 is 113 Å². The van der Waals surface area contributed by atoms with E-state index >= 15 is 4.79 Å². The largest absolute Gasteiger partial charge is 0.481 e. The smallest absolute Gasteiger partial charge is 0.305 e. The van der Waals surface area contributed by atoms with Crippen LogP contribution in [0.2, 0.25) is 0 Å². The molecule has 0 saturated heterocycles. The molecule has 0 fully saturated rings. The number of aldehydes is 1. The molecule has 1 aliphatic rings. The highest BCUT2D eigenvalue weighted by molar-refractivity contribution is 5.99. The van der Waals surface area contributed by atoms with E-state index in [9.17, 15) is 77.3 Å². The lowest BCUT2D eigenvalue weighted by Gasteiger charge is -2.34. The zero-order valence-electron chi connectivity index (χ0n) is 70.7. The summed E-state index contributed by atoms with van der Waals surface area (Å²) < 4.78 is 6.73. The molecule has 2 aromatic carbocycles. The van der Waals surface area contributed by atoms with Gasteiger partial charge in [-0.25, -0.2) is 10.9 Å². The fraction of sp³-hybridized carbons (Fsp3) is 0.617. The van der Waals surface area contributed by atoms with Crippen LogP contribution in [0.1, 0.15) is 201 Å². The summed E-state index contributed by atoms with van der Waals surface area (Å²) in [5, 5.41) is 49.0. The van der Waals surface area contributed by atoms with Crippen molar-refractivity contribution in [3.05, 3.63) is 83.9 Å². The number of aliphatic imine (C=N–C) groups is 2. The van der Waals surface area contributed by atoms with Crippen molar-refractivity contribution in [3.63, 3.8) is 0 Å². The number of nitrogens with two attached hydrogens (primary N) is 7. The number of carbonyl (C=O) groups excluding carboxylic acids is 13. The second kappa shape index (κ2) is 55.6. The fourth-order valence-electron chi connectivity index (χ4n) is 12.9. The molecule has 13 atom stereocenters. The molecule has 0 spiro atoms. The standard InChI is InChI=1S/C81H132N22O18/c1-49(2)41-60-74(117)95-56(32-25-39-89-78(85)86)70(113)100-63(46-66(108)109)76(119)101-80(6,77(84)120)36-22-13-11-9-8-10-12-14-23-37-81(7,121-48-91-59(43-52-27-17-15-18-28-52)72(115)99-62(44-53-29-19-16-20-30-53)73(116)92-51(5)67(110)97-60)103-102-58(33-26-40-90-79(87)88)71(114)94-55(31-21-24-38-82)69(112)98-61(42-50(3)4)75(118)96-57(34-35-65(106)107)68(111)93-54(47-104)45-64(83)105/h9,11,15-20,27-30,47,49-51,54-63,91,102-103H,8,10,12-14,21-26,31-46,48,82H2,1-7H3,(H2,83,105)(H2,84,120)(H,92,116)(H,93,111)(H,94,114)(H,95,117)(H,96,118)(H,97,110)(H,98,112)(H,99,115)(H,100,113)(H,101,119)(H,106,107)(H,108,109)(H4,85,86,89)(H4,87,88,90)/b11-9-/t51-,54-,55-,56-,57-,58-,59-,60-,61-,62-,63-,80?,81?/m0/s1. The number of hydrazine groups is 1.